The van der Waals surface area contributed by atoms with Gasteiger partial charge in [-0.15, -0.1) is 0 Å². The molecule has 0 radical (unpaired) electrons. The molecule has 0 aliphatic heterocycles. The van der Waals surface area contributed by atoms with Gasteiger partial charge in [0.05, 0.1) is 11.5 Å². The summed E-state index contributed by atoms with van der Waals surface area (Å²) >= 11 is 0. The maximum atomic E-state index is 12.3. The van der Waals surface area contributed by atoms with E-state index in [1.165, 1.54) is 0 Å². The van der Waals surface area contributed by atoms with Gasteiger partial charge in [-0.25, -0.2) is 18.0 Å². The molecule has 0 heterocycles. The molecule has 144 valence electrons. The first-order valence-corrected chi connectivity index (χ1v) is 9.00. The molecular formula is C16H14O10S. The number of benzene rings is 2. The predicted molar refractivity (Wildman–Crippen MR) is 89.8 cm³/mol. The molecule has 27 heavy (non-hydrogen) atoms. The topological polar surface area (TPSA) is 190 Å². The highest BCUT2D eigenvalue weighted by molar-refractivity contribution is 7.89. The Labute approximate surface area is 152 Å². The minimum absolute atomic E-state index is 0.275. The number of hydrogen-bond donors (Lipinski definition) is 6. The zero-order valence-corrected chi connectivity index (χ0v) is 14.3. The highest BCUT2D eigenvalue weighted by atomic mass is 32.2. The van der Waals surface area contributed by atoms with Crippen LogP contribution < -0.4 is 0 Å². The van der Waals surface area contributed by atoms with Crippen LogP contribution in [0.15, 0.2) is 24.3 Å². The van der Waals surface area contributed by atoms with Gasteiger partial charge < -0.3 is 30.6 Å². The molecule has 10 nitrogen and oxygen atoms in total. The Kier molecular flexibility index (Phi) is 5.17. The standard InChI is InChI=1S/C16H14O10S/c17-11-3-9(15(21)22)13(19)1-7(11)5-27(25,26)6-8-2-14(20)10(16(23)24)4-12(8)18/h1-4,17-20H,5-6H2,(H,21,22)(H,23,24). The molecule has 0 saturated heterocycles. The predicted octanol–water partition coefficient (Wildman–Crippen LogP) is 1.02. The number of rotatable bonds is 6. The van der Waals surface area contributed by atoms with Crippen LogP contribution in [0.1, 0.15) is 31.8 Å². The number of carboxylic acid groups (broad SMARTS) is 2. The number of phenolic OH excluding ortho intramolecular Hbond substituents is 2. The van der Waals surface area contributed by atoms with Crippen molar-refractivity contribution in [1.82, 2.24) is 0 Å². The summed E-state index contributed by atoms with van der Waals surface area (Å²) in [6.45, 7) is 0. The second-order valence-corrected chi connectivity index (χ2v) is 7.70. The Morgan fingerprint density at radius 3 is 1.30 bits per heavy atom. The second-order valence-electron chi connectivity index (χ2n) is 5.64. The van der Waals surface area contributed by atoms with Crippen molar-refractivity contribution in [2.45, 2.75) is 11.5 Å². The van der Waals surface area contributed by atoms with Crippen LogP contribution in [0.4, 0.5) is 0 Å². The van der Waals surface area contributed by atoms with Crippen LogP contribution in [0.25, 0.3) is 0 Å². The third-order valence-electron chi connectivity index (χ3n) is 3.61. The average molecular weight is 398 g/mol. The maximum absolute atomic E-state index is 12.3. The summed E-state index contributed by atoms with van der Waals surface area (Å²) in [5.41, 5.74) is -1.77. The van der Waals surface area contributed by atoms with E-state index in [1.807, 2.05) is 0 Å². The molecule has 0 spiro atoms. The fourth-order valence-electron chi connectivity index (χ4n) is 2.34. The Bertz CT molecular complexity index is 962. The minimum atomic E-state index is -4.07. The lowest BCUT2D eigenvalue weighted by Crippen LogP contribution is -2.09. The number of carbonyl (C=O) groups is 2. The zero-order valence-electron chi connectivity index (χ0n) is 13.4. The van der Waals surface area contributed by atoms with Crippen molar-refractivity contribution >= 4 is 21.8 Å². The van der Waals surface area contributed by atoms with E-state index in [-0.39, 0.29) is 11.1 Å². The Balaban J connectivity index is 2.34. The lowest BCUT2D eigenvalue weighted by molar-refractivity contribution is 0.0682. The molecule has 0 amide bonds. The van der Waals surface area contributed by atoms with Crippen LogP contribution in [0.2, 0.25) is 0 Å². The molecule has 0 atom stereocenters. The lowest BCUT2D eigenvalue weighted by Gasteiger charge is -2.11. The molecule has 2 rings (SSSR count). The van der Waals surface area contributed by atoms with Crippen molar-refractivity contribution in [2.75, 3.05) is 0 Å². The van der Waals surface area contributed by atoms with Gasteiger partial charge in [-0.2, -0.15) is 0 Å². The van der Waals surface area contributed by atoms with E-state index in [9.17, 15) is 38.4 Å². The van der Waals surface area contributed by atoms with Crippen molar-refractivity contribution in [2.24, 2.45) is 0 Å². The molecule has 11 heteroatoms. The summed E-state index contributed by atoms with van der Waals surface area (Å²) in [7, 11) is -4.07. The lowest BCUT2D eigenvalue weighted by atomic mass is 10.1. The summed E-state index contributed by atoms with van der Waals surface area (Å²) < 4.78 is 24.6. The first-order valence-electron chi connectivity index (χ1n) is 7.18. The van der Waals surface area contributed by atoms with E-state index >= 15 is 0 Å². The van der Waals surface area contributed by atoms with Crippen LogP contribution >= 0.6 is 0 Å². The SMILES string of the molecule is O=C(O)c1cc(O)c(CS(=O)(=O)Cc2cc(O)c(C(=O)O)cc2O)cc1O. The molecule has 0 aliphatic rings. The highest BCUT2D eigenvalue weighted by Gasteiger charge is 2.22. The Hall–Kier alpha value is -3.47. The van der Waals surface area contributed by atoms with Crippen molar-refractivity contribution in [1.29, 1.82) is 0 Å². The van der Waals surface area contributed by atoms with E-state index in [4.69, 9.17) is 10.2 Å². The van der Waals surface area contributed by atoms with Gasteiger partial charge in [0.25, 0.3) is 0 Å². The molecule has 0 aliphatic carbocycles. The third kappa shape index (κ3) is 4.39. The molecule has 2 aromatic carbocycles. The Morgan fingerprint density at radius 1 is 0.667 bits per heavy atom. The van der Waals surface area contributed by atoms with Crippen molar-refractivity contribution in [3.63, 3.8) is 0 Å². The molecular weight excluding hydrogens is 384 g/mol. The van der Waals surface area contributed by atoms with E-state index in [1.54, 1.807) is 0 Å². The van der Waals surface area contributed by atoms with E-state index in [2.05, 4.69) is 0 Å². The van der Waals surface area contributed by atoms with E-state index < -0.39 is 67.4 Å². The zero-order chi connectivity index (χ0) is 20.5. The first kappa shape index (κ1) is 19.8. The molecule has 0 saturated carbocycles. The maximum Gasteiger partial charge on any atom is 0.339 e. The minimum Gasteiger partial charge on any atom is -0.508 e. The summed E-state index contributed by atoms with van der Waals surface area (Å²) in [5.74, 6) is -7.47. The van der Waals surface area contributed by atoms with Crippen molar-refractivity contribution in [3.8, 4) is 23.0 Å². The van der Waals surface area contributed by atoms with Gasteiger partial charge in [0.15, 0.2) is 9.84 Å². The summed E-state index contributed by atoms with van der Waals surface area (Å²) in [6, 6.07) is 2.99. The average Bonchev–Trinajstić information content (AvgIpc) is 2.52. The van der Waals surface area contributed by atoms with Crippen LogP contribution in [0.3, 0.4) is 0 Å². The number of aromatic hydroxyl groups is 4. The molecule has 6 N–H and O–H groups in total. The van der Waals surface area contributed by atoms with Gasteiger partial charge in [-0.05, 0) is 24.3 Å². The van der Waals surface area contributed by atoms with Gasteiger partial charge in [0.2, 0.25) is 0 Å². The smallest absolute Gasteiger partial charge is 0.339 e. The largest absolute Gasteiger partial charge is 0.508 e. The van der Waals surface area contributed by atoms with E-state index in [0.29, 0.717) is 12.1 Å². The number of sulfone groups is 1. The highest BCUT2D eigenvalue weighted by Crippen LogP contribution is 2.32. The van der Waals surface area contributed by atoms with Gasteiger partial charge in [-0.3, -0.25) is 0 Å². The molecule has 2 aromatic rings. The summed E-state index contributed by atoms with van der Waals surface area (Å²) in [4.78, 5) is 21.7. The third-order valence-corrected chi connectivity index (χ3v) is 5.11. The van der Waals surface area contributed by atoms with Crippen LogP contribution in [-0.4, -0.2) is 51.0 Å². The monoisotopic (exact) mass is 398 g/mol. The number of aromatic carboxylic acids is 2. The first-order chi connectivity index (χ1) is 12.4. The van der Waals surface area contributed by atoms with Gasteiger partial charge in [0.1, 0.15) is 34.1 Å². The number of phenols is 4. The summed E-state index contributed by atoms with van der Waals surface area (Å²) in [6.07, 6.45) is 0. The fourth-order valence-corrected chi connectivity index (χ4v) is 3.85. The molecule has 0 fully saturated rings. The van der Waals surface area contributed by atoms with Crippen LogP contribution in [0.5, 0.6) is 23.0 Å². The Morgan fingerprint density at radius 2 is 1.00 bits per heavy atom. The quantitative estimate of drug-likeness (QED) is 0.383. The van der Waals surface area contributed by atoms with Crippen LogP contribution in [0, 0.1) is 0 Å². The number of hydrogen-bond acceptors (Lipinski definition) is 8. The van der Waals surface area contributed by atoms with E-state index in [0.717, 1.165) is 12.1 Å². The van der Waals surface area contributed by atoms with Gasteiger partial charge >= 0.3 is 11.9 Å². The van der Waals surface area contributed by atoms with Crippen molar-refractivity contribution in [3.05, 3.63) is 46.5 Å². The normalized spacial score (nSPS) is 11.3. The van der Waals surface area contributed by atoms with Gasteiger partial charge in [0, 0.05) is 11.1 Å². The molecule has 0 bridgehead atoms. The number of carboxylic acids is 2. The molecule has 0 aromatic heterocycles. The second kappa shape index (κ2) is 7.03. The van der Waals surface area contributed by atoms with Crippen LogP contribution in [-0.2, 0) is 21.3 Å². The fraction of sp³-hybridized carbons (Fsp3) is 0.125. The molecule has 0 unspecified atom stereocenters. The summed E-state index contributed by atoms with van der Waals surface area (Å²) in [5, 5.41) is 56.5. The van der Waals surface area contributed by atoms with Gasteiger partial charge in [-0.1, -0.05) is 0 Å². The van der Waals surface area contributed by atoms with Crippen molar-refractivity contribution < 1.29 is 48.6 Å².